The van der Waals surface area contributed by atoms with Crippen LogP contribution in [0.4, 0.5) is 0 Å². The van der Waals surface area contributed by atoms with E-state index in [2.05, 4.69) is 5.32 Å². The Balaban J connectivity index is 0.00000264. The Morgan fingerprint density at radius 2 is 2.00 bits per heavy atom. The van der Waals surface area contributed by atoms with Crippen molar-refractivity contribution in [2.45, 2.75) is 44.6 Å². The number of piperidine rings is 1. The summed E-state index contributed by atoms with van der Waals surface area (Å²) in [5.41, 5.74) is 5.36. The van der Waals surface area contributed by atoms with E-state index in [9.17, 15) is 14.4 Å². The van der Waals surface area contributed by atoms with E-state index in [1.54, 1.807) is 4.90 Å². The van der Waals surface area contributed by atoms with E-state index in [1.807, 2.05) is 4.90 Å². The maximum absolute atomic E-state index is 12.5. The van der Waals surface area contributed by atoms with Crippen molar-refractivity contribution in [3.8, 4) is 0 Å². The lowest BCUT2D eigenvalue weighted by atomic mass is 10.0. The van der Waals surface area contributed by atoms with Crippen LogP contribution in [0.2, 0.25) is 0 Å². The van der Waals surface area contributed by atoms with Crippen molar-refractivity contribution in [3.05, 3.63) is 0 Å². The summed E-state index contributed by atoms with van der Waals surface area (Å²) in [6, 6.07) is 0.0284. The Morgan fingerprint density at radius 3 is 2.65 bits per heavy atom. The van der Waals surface area contributed by atoms with Gasteiger partial charge in [0.2, 0.25) is 17.7 Å². The number of amides is 3. The van der Waals surface area contributed by atoms with Gasteiger partial charge in [0, 0.05) is 45.1 Å². The first-order chi connectivity index (χ1) is 10.6. The minimum atomic E-state index is -0.0739. The van der Waals surface area contributed by atoms with E-state index in [4.69, 9.17) is 5.73 Å². The highest BCUT2D eigenvalue weighted by Crippen LogP contribution is 2.18. The quantitative estimate of drug-likeness (QED) is 0.700. The lowest BCUT2D eigenvalue weighted by Crippen LogP contribution is -2.52. The Kier molecular flexibility index (Phi) is 8.33. The number of nitrogens with zero attached hydrogens (tertiary/aromatic N) is 2. The van der Waals surface area contributed by atoms with Gasteiger partial charge in [-0.1, -0.05) is 0 Å². The summed E-state index contributed by atoms with van der Waals surface area (Å²) in [5, 5.41) is 2.85. The summed E-state index contributed by atoms with van der Waals surface area (Å²) in [6.07, 6.45) is 4.62. The molecule has 8 heteroatoms. The zero-order valence-electron chi connectivity index (χ0n) is 13.5. The molecule has 2 aliphatic heterocycles. The average molecular weight is 347 g/mol. The zero-order valence-corrected chi connectivity index (χ0v) is 14.3. The van der Waals surface area contributed by atoms with Gasteiger partial charge in [-0.05, 0) is 25.7 Å². The second kappa shape index (κ2) is 9.72. The molecule has 23 heavy (non-hydrogen) atoms. The van der Waals surface area contributed by atoms with Crippen LogP contribution in [-0.4, -0.2) is 66.3 Å². The number of carbonyl (C=O) groups excluding carboxylic acids is 3. The first kappa shape index (κ1) is 19.7. The Morgan fingerprint density at radius 1 is 1.22 bits per heavy atom. The third-order valence-corrected chi connectivity index (χ3v) is 4.35. The molecule has 2 fully saturated rings. The summed E-state index contributed by atoms with van der Waals surface area (Å²) in [7, 11) is 0. The van der Waals surface area contributed by atoms with Crippen LogP contribution in [-0.2, 0) is 14.4 Å². The van der Waals surface area contributed by atoms with E-state index in [-0.39, 0.29) is 42.7 Å². The highest BCUT2D eigenvalue weighted by Gasteiger charge is 2.30. The van der Waals surface area contributed by atoms with Gasteiger partial charge in [-0.25, -0.2) is 0 Å². The molecule has 2 saturated heterocycles. The number of carbonyl (C=O) groups is 3. The molecule has 3 N–H and O–H groups in total. The summed E-state index contributed by atoms with van der Waals surface area (Å²) in [4.78, 5) is 39.1. The first-order valence-corrected chi connectivity index (χ1v) is 8.16. The molecule has 0 aromatic carbocycles. The molecular weight excluding hydrogens is 320 g/mol. The maximum atomic E-state index is 12.5. The summed E-state index contributed by atoms with van der Waals surface area (Å²) in [6.45, 7) is 2.36. The Hall–Kier alpha value is -1.34. The molecule has 0 aliphatic carbocycles. The standard InChI is InChI=1S/C15H26N4O3.ClH/c16-7-6-13(20)17-10-12-4-1-2-9-19(12)15(22)11-18-8-3-5-14(18)21;/h12H,1-11,16H2,(H,17,20);1H. The van der Waals surface area contributed by atoms with E-state index in [0.717, 1.165) is 25.7 Å². The molecule has 2 heterocycles. The second-order valence-corrected chi connectivity index (χ2v) is 6.00. The number of rotatable bonds is 6. The highest BCUT2D eigenvalue weighted by molar-refractivity contribution is 5.86. The molecule has 0 aromatic heterocycles. The molecule has 0 radical (unpaired) electrons. The van der Waals surface area contributed by atoms with Crippen LogP contribution in [0, 0.1) is 0 Å². The molecule has 1 atom stereocenters. The topological polar surface area (TPSA) is 95.7 Å². The summed E-state index contributed by atoms with van der Waals surface area (Å²) >= 11 is 0. The van der Waals surface area contributed by atoms with Crippen LogP contribution in [0.1, 0.15) is 38.5 Å². The van der Waals surface area contributed by atoms with Gasteiger partial charge in [-0.2, -0.15) is 0 Å². The fourth-order valence-corrected chi connectivity index (χ4v) is 3.12. The van der Waals surface area contributed by atoms with Gasteiger partial charge >= 0.3 is 0 Å². The molecule has 0 saturated carbocycles. The number of hydrogen-bond donors (Lipinski definition) is 2. The van der Waals surface area contributed by atoms with Crippen LogP contribution >= 0.6 is 12.4 Å². The van der Waals surface area contributed by atoms with Gasteiger partial charge in [-0.15, -0.1) is 12.4 Å². The molecule has 0 aromatic rings. The molecule has 7 nitrogen and oxygen atoms in total. The molecule has 0 spiro atoms. The van der Waals surface area contributed by atoms with Gasteiger partial charge < -0.3 is 20.9 Å². The van der Waals surface area contributed by atoms with Crippen LogP contribution in [0.3, 0.4) is 0 Å². The predicted molar refractivity (Wildman–Crippen MR) is 89.1 cm³/mol. The van der Waals surface area contributed by atoms with Crippen molar-refractivity contribution < 1.29 is 14.4 Å². The van der Waals surface area contributed by atoms with Gasteiger partial charge in [0.05, 0.1) is 6.54 Å². The Labute approximate surface area is 143 Å². The monoisotopic (exact) mass is 346 g/mol. The van der Waals surface area contributed by atoms with Crippen LogP contribution in [0.5, 0.6) is 0 Å². The van der Waals surface area contributed by atoms with E-state index in [1.165, 1.54) is 0 Å². The number of nitrogens with two attached hydrogens (primary N) is 1. The van der Waals surface area contributed by atoms with Crippen LogP contribution < -0.4 is 11.1 Å². The van der Waals surface area contributed by atoms with Crippen molar-refractivity contribution in [1.29, 1.82) is 0 Å². The second-order valence-electron chi connectivity index (χ2n) is 6.00. The lowest BCUT2D eigenvalue weighted by molar-refractivity contribution is -0.141. The number of hydrogen-bond acceptors (Lipinski definition) is 4. The molecule has 3 amide bonds. The molecule has 132 valence electrons. The zero-order chi connectivity index (χ0) is 15.9. The van der Waals surface area contributed by atoms with Gasteiger partial charge in [-0.3, -0.25) is 14.4 Å². The first-order valence-electron chi connectivity index (χ1n) is 8.16. The molecule has 1 unspecified atom stereocenters. The number of nitrogens with one attached hydrogen (secondary N) is 1. The van der Waals surface area contributed by atoms with Gasteiger partial charge in [0.1, 0.15) is 0 Å². The molecule has 2 rings (SSSR count). The molecular formula is C15H27ClN4O3. The normalized spacial score (nSPS) is 21.1. The fraction of sp³-hybridized carbons (Fsp3) is 0.800. The minimum Gasteiger partial charge on any atom is -0.354 e. The lowest BCUT2D eigenvalue weighted by Gasteiger charge is -2.36. The number of halogens is 1. The van der Waals surface area contributed by atoms with Crippen molar-refractivity contribution in [3.63, 3.8) is 0 Å². The third kappa shape index (κ3) is 5.66. The van der Waals surface area contributed by atoms with E-state index < -0.39 is 0 Å². The summed E-state index contributed by atoms with van der Waals surface area (Å²) < 4.78 is 0. The van der Waals surface area contributed by atoms with Crippen molar-refractivity contribution >= 4 is 30.1 Å². The largest absolute Gasteiger partial charge is 0.354 e. The van der Waals surface area contributed by atoms with E-state index in [0.29, 0.717) is 39.0 Å². The van der Waals surface area contributed by atoms with Crippen LogP contribution in [0.25, 0.3) is 0 Å². The SMILES string of the molecule is Cl.NCCC(=O)NCC1CCCCN1C(=O)CN1CCCC1=O. The average Bonchev–Trinajstić information content (AvgIpc) is 2.91. The highest BCUT2D eigenvalue weighted by atomic mass is 35.5. The van der Waals surface area contributed by atoms with Crippen LogP contribution in [0.15, 0.2) is 0 Å². The Bertz CT molecular complexity index is 433. The summed E-state index contributed by atoms with van der Waals surface area (Å²) in [5.74, 6) is -0.0126. The van der Waals surface area contributed by atoms with Gasteiger partial charge in [0.15, 0.2) is 0 Å². The van der Waals surface area contributed by atoms with Crippen molar-refractivity contribution in [2.75, 3.05) is 32.7 Å². The molecule has 2 aliphatic rings. The number of likely N-dealkylation sites (tertiary alicyclic amines) is 2. The minimum absolute atomic E-state index is 0. The third-order valence-electron chi connectivity index (χ3n) is 4.35. The van der Waals surface area contributed by atoms with E-state index >= 15 is 0 Å². The maximum Gasteiger partial charge on any atom is 0.242 e. The van der Waals surface area contributed by atoms with Gasteiger partial charge in [0.25, 0.3) is 0 Å². The smallest absolute Gasteiger partial charge is 0.242 e. The van der Waals surface area contributed by atoms with Crippen molar-refractivity contribution in [2.24, 2.45) is 5.73 Å². The fourth-order valence-electron chi connectivity index (χ4n) is 3.12. The predicted octanol–water partition coefficient (Wildman–Crippen LogP) is -0.123. The van der Waals surface area contributed by atoms with Crippen molar-refractivity contribution in [1.82, 2.24) is 15.1 Å². The molecule has 0 bridgehead atoms.